The molecule has 0 aromatic carbocycles. The van der Waals surface area contributed by atoms with Gasteiger partial charge in [0.15, 0.2) is 5.82 Å². The fourth-order valence-electron chi connectivity index (χ4n) is 7.29. The number of aromatic nitrogens is 2. The summed E-state index contributed by atoms with van der Waals surface area (Å²) in [5.74, 6) is 1.92. The highest BCUT2D eigenvalue weighted by atomic mass is 16.3. The molecule has 34 heavy (non-hydrogen) atoms. The van der Waals surface area contributed by atoms with Gasteiger partial charge in [-0.15, -0.1) is 0 Å². The van der Waals surface area contributed by atoms with E-state index in [1.807, 2.05) is 11.0 Å². The molecule has 7 heteroatoms. The zero-order valence-electron chi connectivity index (χ0n) is 21.2. The van der Waals surface area contributed by atoms with E-state index in [-0.39, 0.29) is 11.3 Å². The predicted molar refractivity (Wildman–Crippen MR) is 134 cm³/mol. The van der Waals surface area contributed by atoms with E-state index >= 15 is 0 Å². The first-order valence-corrected chi connectivity index (χ1v) is 13.8. The summed E-state index contributed by atoms with van der Waals surface area (Å²) in [4.78, 5) is 22.3. The Kier molecular flexibility index (Phi) is 6.75. The minimum absolute atomic E-state index is 0.0931. The Morgan fingerprint density at radius 3 is 2.68 bits per heavy atom. The van der Waals surface area contributed by atoms with Gasteiger partial charge in [0.1, 0.15) is 0 Å². The Labute approximate surface area is 204 Å². The van der Waals surface area contributed by atoms with Gasteiger partial charge in [0.25, 0.3) is 0 Å². The lowest BCUT2D eigenvalue weighted by molar-refractivity contribution is -0.162. The maximum Gasteiger partial charge on any atom is 0.225 e. The van der Waals surface area contributed by atoms with Crippen molar-refractivity contribution in [1.82, 2.24) is 19.6 Å². The molecule has 5 rings (SSSR count). The Balaban J connectivity index is 1.26. The van der Waals surface area contributed by atoms with Crippen LogP contribution in [0.2, 0.25) is 0 Å². The van der Waals surface area contributed by atoms with Crippen LogP contribution in [0.5, 0.6) is 0 Å². The van der Waals surface area contributed by atoms with Gasteiger partial charge in [-0.2, -0.15) is 5.10 Å². The number of rotatable bonds is 6. The molecule has 0 radical (unpaired) electrons. The SMILES string of the molecule is CCn1cc2c(n1)N=CN(CC1(O)CCN(C(=O)[C@H](C)CC3CCCCC3)CC13CCCC3)C2. The van der Waals surface area contributed by atoms with Crippen molar-refractivity contribution >= 4 is 18.1 Å². The summed E-state index contributed by atoms with van der Waals surface area (Å²) in [7, 11) is 0. The molecule has 1 unspecified atom stereocenters. The van der Waals surface area contributed by atoms with Crippen molar-refractivity contribution in [2.24, 2.45) is 22.2 Å². The van der Waals surface area contributed by atoms with E-state index in [4.69, 9.17) is 0 Å². The molecule has 1 amide bonds. The second kappa shape index (κ2) is 9.63. The number of nitrogens with zero attached hydrogens (tertiary/aromatic N) is 5. The van der Waals surface area contributed by atoms with E-state index in [2.05, 4.69) is 39.9 Å². The molecule has 1 aromatic heterocycles. The van der Waals surface area contributed by atoms with Crippen LogP contribution in [0.1, 0.15) is 90.0 Å². The molecular formula is C27H43N5O2. The largest absolute Gasteiger partial charge is 0.387 e. The Morgan fingerprint density at radius 1 is 1.18 bits per heavy atom. The molecule has 2 aliphatic heterocycles. The molecule has 2 aliphatic carbocycles. The van der Waals surface area contributed by atoms with E-state index in [1.165, 1.54) is 32.1 Å². The van der Waals surface area contributed by atoms with Gasteiger partial charge in [0.05, 0.1) is 11.9 Å². The third-order valence-electron chi connectivity index (χ3n) is 9.30. The van der Waals surface area contributed by atoms with Crippen molar-refractivity contribution in [3.63, 3.8) is 0 Å². The summed E-state index contributed by atoms with van der Waals surface area (Å²) in [5, 5.41) is 16.6. The van der Waals surface area contributed by atoms with Crippen molar-refractivity contribution in [2.45, 2.75) is 103 Å². The number of amides is 1. The normalized spacial score (nSPS) is 27.9. The topological polar surface area (TPSA) is 74.0 Å². The first kappa shape index (κ1) is 23.8. The second-order valence-electron chi connectivity index (χ2n) is 11.7. The molecular weight excluding hydrogens is 426 g/mol. The zero-order valence-corrected chi connectivity index (χ0v) is 21.2. The van der Waals surface area contributed by atoms with Crippen LogP contribution in [0.25, 0.3) is 0 Å². The quantitative estimate of drug-likeness (QED) is 0.665. The fraction of sp³-hybridized carbons (Fsp3) is 0.815. The van der Waals surface area contributed by atoms with Crippen LogP contribution in [0.3, 0.4) is 0 Å². The minimum Gasteiger partial charge on any atom is -0.387 e. The van der Waals surface area contributed by atoms with Gasteiger partial charge in [-0.1, -0.05) is 51.9 Å². The van der Waals surface area contributed by atoms with Crippen molar-refractivity contribution in [3.05, 3.63) is 11.8 Å². The number of hydrogen-bond acceptors (Lipinski definition) is 5. The summed E-state index contributed by atoms with van der Waals surface area (Å²) >= 11 is 0. The van der Waals surface area contributed by atoms with Crippen molar-refractivity contribution in [3.8, 4) is 0 Å². The number of β-amino-alcohol motifs (C(OH)–C–C–N with tert-alkyl or cyclic N) is 1. The summed E-state index contributed by atoms with van der Waals surface area (Å²) < 4.78 is 1.93. The zero-order chi connectivity index (χ0) is 23.8. The van der Waals surface area contributed by atoms with Crippen LogP contribution in [0.15, 0.2) is 11.2 Å². The number of carbonyl (C=O) groups is 1. The van der Waals surface area contributed by atoms with Gasteiger partial charge in [-0.05, 0) is 38.5 Å². The van der Waals surface area contributed by atoms with Gasteiger partial charge in [-0.25, -0.2) is 4.99 Å². The maximum atomic E-state index is 13.5. The second-order valence-corrected chi connectivity index (χ2v) is 11.7. The molecule has 4 aliphatic rings. The van der Waals surface area contributed by atoms with Gasteiger partial charge < -0.3 is 14.9 Å². The summed E-state index contributed by atoms with van der Waals surface area (Å²) in [6, 6.07) is 0. The number of carbonyl (C=O) groups excluding carboxylic acids is 1. The van der Waals surface area contributed by atoms with Crippen LogP contribution in [-0.4, -0.2) is 62.2 Å². The number of aliphatic hydroxyl groups is 1. The number of piperidine rings is 1. The molecule has 3 fully saturated rings. The average Bonchev–Trinajstić information content (AvgIpc) is 3.48. The summed E-state index contributed by atoms with van der Waals surface area (Å²) in [6.45, 7) is 7.73. The fourth-order valence-corrected chi connectivity index (χ4v) is 7.29. The lowest BCUT2D eigenvalue weighted by atomic mass is 9.65. The molecule has 1 saturated heterocycles. The number of likely N-dealkylation sites (tertiary alicyclic amines) is 1. The molecule has 1 N–H and O–H groups in total. The van der Waals surface area contributed by atoms with E-state index in [0.29, 0.717) is 32.0 Å². The Bertz CT molecular complexity index is 899. The monoisotopic (exact) mass is 469 g/mol. The number of hydrogen-bond donors (Lipinski definition) is 1. The molecule has 1 aromatic rings. The van der Waals surface area contributed by atoms with Gasteiger partial charge in [0, 0.05) is 55.8 Å². The highest BCUT2D eigenvalue weighted by Gasteiger charge is 2.56. The van der Waals surface area contributed by atoms with Crippen LogP contribution in [-0.2, 0) is 17.9 Å². The lowest BCUT2D eigenvalue weighted by Crippen LogP contribution is -2.64. The van der Waals surface area contributed by atoms with E-state index in [1.54, 1.807) is 0 Å². The van der Waals surface area contributed by atoms with Crippen molar-refractivity contribution < 1.29 is 9.90 Å². The molecule has 2 saturated carbocycles. The third-order valence-corrected chi connectivity index (χ3v) is 9.30. The molecule has 2 atom stereocenters. The van der Waals surface area contributed by atoms with Crippen LogP contribution < -0.4 is 0 Å². The molecule has 188 valence electrons. The van der Waals surface area contributed by atoms with Crippen LogP contribution >= 0.6 is 0 Å². The smallest absolute Gasteiger partial charge is 0.225 e. The number of aryl methyl sites for hydroxylation is 1. The van der Waals surface area contributed by atoms with Gasteiger partial charge in [-0.3, -0.25) is 9.48 Å². The summed E-state index contributed by atoms with van der Waals surface area (Å²) in [5.41, 5.74) is 0.127. The van der Waals surface area contributed by atoms with E-state index in [9.17, 15) is 9.90 Å². The standard InChI is InChI=1S/C27H43N5O2/c1-3-32-17-23-16-30(20-28-24(23)29-32)19-27(34)13-14-31(18-26(27)11-7-8-12-26)25(33)21(2)15-22-9-5-4-6-10-22/h17,20-22,34H,3-16,18-19H2,1-2H3/t21-,27?/m1/s1. The number of fused-ring (bicyclic) bond motifs is 1. The van der Waals surface area contributed by atoms with E-state index < -0.39 is 5.60 Å². The summed E-state index contributed by atoms with van der Waals surface area (Å²) in [6.07, 6.45) is 16.5. The Hall–Kier alpha value is -1.89. The van der Waals surface area contributed by atoms with Gasteiger partial charge >= 0.3 is 0 Å². The van der Waals surface area contributed by atoms with Gasteiger partial charge in [0.2, 0.25) is 5.91 Å². The minimum atomic E-state index is -0.794. The van der Waals surface area contributed by atoms with Crippen molar-refractivity contribution in [1.29, 1.82) is 0 Å². The number of aliphatic imine (C=N–C) groups is 1. The lowest BCUT2D eigenvalue weighted by Gasteiger charge is -2.54. The molecule has 3 heterocycles. The highest BCUT2D eigenvalue weighted by molar-refractivity contribution is 5.78. The third kappa shape index (κ3) is 4.52. The molecule has 7 nitrogen and oxygen atoms in total. The van der Waals surface area contributed by atoms with Crippen LogP contribution in [0, 0.1) is 17.3 Å². The van der Waals surface area contributed by atoms with Crippen molar-refractivity contribution in [2.75, 3.05) is 19.6 Å². The Morgan fingerprint density at radius 2 is 1.94 bits per heavy atom. The van der Waals surface area contributed by atoms with E-state index in [0.717, 1.165) is 62.5 Å². The molecule has 0 bridgehead atoms. The maximum absolute atomic E-state index is 13.5. The highest BCUT2D eigenvalue weighted by Crippen LogP contribution is 2.51. The average molecular weight is 470 g/mol. The first-order chi connectivity index (χ1) is 16.4. The van der Waals surface area contributed by atoms with Crippen LogP contribution in [0.4, 0.5) is 5.82 Å². The first-order valence-electron chi connectivity index (χ1n) is 13.8. The molecule has 1 spiro atoms. The predicted octanol–water partition coefficient (Wildman–Crippen LogP) is 4.51.